The maximum atomic E-state index is 13.7. The molecule has 14 heteroatoms. The fraction of sp³-hybridized carbons (Fsp3) is 0.500. The van der Waals surface area contributed by atoms with Crippen molar-refractivity contribution in [1.29, 1.82) is 0 Å². The molecule has 0 aliphatic heterocycles. The number of halogens is 1. The van der Waals surface area contributed by atoms with Gasteiger partial charge in [-0.05, 0) is 118 Å². The zero-order valence-electron chi connectivity index (χ0n) is 33.9. The second-order valence-corrected chi connectivity index (χ2v) is 24.0. The van der Waals surface area contributed by atoms with Gasteiger partial charge in [-0.2, -0.15) is 0 Å². The van der Waals surface area contributed by atoms with Crippen LogP contribution in [0.1, 0.15) is 101 Å². The Labute approximate surface area is 338 Å². The maximum Gasteiger partial charge on any atom is 0.410 e. The Kier molecular flexibility index (Phi) is 14.9. The first-order chi connectivity index (χ1) is 26.0. The van der Waals surface area contributed by atoms with Gasteiger partial charge in [0.05, 0.1) is 24.3 Å². The number of hydrogen-bond acceptors (Lipinski definition) is 8. The van der Waals surface area contributed by atoms with E-state index in [2.05, 4.69) is 33.9 Å². The standard InChI is InChI=1S/C42H58ClN3O8SSi/c1-41(2,3)53-40(49)46(27-37(32-13-12-14-33(43)25-32)54-56(7,8)42(4,5)6)24-23-29-17-19-30(20-18-29)31-21-22-35(39(48)45-55(50,51)28-38(44)47)36(26-31)52-34-15-10-9-11-16-34/h12-14,17-22,25-26,34,37H,9-11,15-16,23-24,27-28H2,1-8H3,(H2,44,47)(H,45,48)/t37-/m0/s1. The summed E-state index contributed by atoms with van der Waals surface area (Å²) in [6, 6.07) is 20.5. The van der Waals surface area contributed by atoms with E-state index in [1.54, 1.807) is 17.0 Å². The number of hydrogen-bond donors (Lipinski definition) is 2. The molecule has 56 heavy (non-hydrogen) atoms. The Morgan fingerprint density at radius 3 is 2.16 bits per heavy atom. The van der Waals surface area contributed by atoms with Gasteiger partial charge in [-0.25, -0.2) is 17.9 Å². The van der Waals surface area contributed by atoms with Crippen molar-refractivity contribution in [2.45, 2.75) is 116 Å². The fourth-order valence-electron chi connectivity index (χ4n) is 6.13. The molecule has 3 aromatic carbocycles. The van der Waals surface area contributed by atoms with Gasteiger partial charge >= 0.3 is 6.09 Å². The molecule has 1 aliphatic rings. The first kappa shape index (κ1) is 44.8. The van der Waals surface area contributed by atoms with Crippen LogP contribution in [0.15, 0.2) is 66.7 Å². The summed E-state index contributed by atoms with van der Waals surface area (Å²) in [7, 11) is -6.56. The molecule has 3 amide bonds. The molecule has 0 radical (unpaired) electrons. The van der Waals surface area contributed by atoms with Crippen LogP contribution in [0, 0.1) is 0 Å². The minimum atomic E-state index is -4.28. The van der Waals surface area contributed by atoms with Gasteiger partial charge < -0.3 is 24.5 Å². The van der Waals surface area contributed by atoms with E-state index in [0.717, 1.165) is 54.4 Å². The van der Waals surface area contributed by atoms with E-state index >= 15 is 0 Å². The highest BCUT2D eigenvalue weighted by Gasteiger charge is 2.40. The summed E-state index contributed by atoms with van der Waals surface area (Å²) in [4.78, 5) is 39.8. The highest BCUT2D eigenvalue weighted by atomic mass is 35.5. The van der Waals surface area contributed by atoms with Crippen molar-refractivity contribution < 1.29 is 36.7 Å². The molecule has 3 aromatic rings. The molecule has 1 fully saturated rings. The van der Waals surface area contributed by atoms with Crippen LogP contribution >= 0.6 is 11.6 Å². The number of amides is 3. The van der Waals surface area contributed by atoms with Crippen molar-refractivity contribution in [3.63, 3.8) is 0 Å². The van der Waals surface area contributed by atoms with E-state index in [1.165, 1.54) is 6.07 Å². The lowest BCUT2D eigenvalue weighted by atomic mass is 9.97. The average Bonchev–Trinajstić information content (AvgIpc) is 3.08. The van der Waals surface area contributed by atoms with Crippen molar-refractivity contribution in [2.24, 2.45) is 5.73 Å². The van der Waals surface area contributed by atoms with Gasteiger partial charge in [0.25, 0.3) is 5.91 Å². The first-order valence-corrected chi connectivity index (χ1v) is 24.1. The number of benzene rings is 3. The summed E-state index contributed by atoms with van der Waals surface area (Å²) in [6.07, 6.45) is 4.30. The maximum absolute atomic E-state index is 13.7. The van der Waals surface area contributed by atoms with Gasteiger partial charge in [-0.3, -0.25) is 9.59 Å². The Morgan fingerprint density at radius 2 is 1.57 bits per heavy atom. The van der Waals surface area contributed by atoms with E-state index in [4.69, 9.17) is 31.2 Å². The minimum Gasteiger partial charge on any atom is -0.490 e. The molecule has 0 heterocycles. The van der Waals surface area contributed by atoms with Crippen LogP contribution < -0.4 is 15.2 Å². The number of nitrogens with two attached hydrogens (primary N) is 1. The van der Waals surface area contributed by atoms with E-state index in [1.807, 2.05) is 74.0 Å². The van der Waals surface area contributed by atoms with E-state index < -0.39 is 53.7 Å². The monoisotopic (exact) mass is 827 g/mol. The second-order valence-electron chi connectivity index (χ2n) is 17.0. The summed E-state index contributed by atoms with van der Waals surface area (Å²) in [5.74, 6) is -2.73. The number of rotatable bonds is 15. The molecule has 0 bridgehead atoms. The van der Waals surface area contributed by atoms with Gasteiger partial charge in [-0.1, -0.05) is 81.3 Å². The largest absolute Gasteiger partial charge is 0.490 e. The molecule has 0 aromatic heterocycles. The average molecular weight is 829 g/mol. The third-order valence-corrected chi connectivity index (χ3v) is 16.0. The highest BCUT2D eigenvalue weighted by Crippen LogP contribution is 2.40. The zero-order valence-corrected chi connectivity index (χ0v) is 36.5. The normalized spacial score (nSPS) is 14.8. The molecule has 11 nitrogen and oxygen atoms in total. The van der Waals surface area contributed by atoms with Gasteiger partial charge in [0.2, 0.25) is 15.9 Å². The van der Waals surface area contributed by atoms with Crippen LogP contribution in [0.25, 0.3) is 11.1 Å². The molecular formula is C42H58ClN3O8SSi. The summed E-state index contributed by atoms with van der Waals surface area (Å²) >= 11 is 6.44. The molecule has 0 saturated heterocycles. The smallest absolute Gasteiger partial charge is 0.410 e. The van der Waals surface area contributed by atoms with E-state index in [9.17, 15) is 22.8 Å². The molecule has 306 valence electrons. The number of carbonyl (C=O) groups is 3. The van der Waals surface area contributed by atoms with E-state index in [-0.39, 0.29) is 29.0 Å². The molecule has 4 rings (SSSR count). The SMILES string of the molecule is CC(C)(C)OC(=O)N(CCc1ccc(-c2ccc(C(=O)NS(=O)(=O)CC(N)=O)c(OC3CCCCC3)c2)cc1)C[C@H](O[Si](C)(C)C(C)(C)C)c1cccc(Cl)c1. The van der Waals surface area contributed by atoms with Crippen LogP contribution in [-0.4, -0.2) is 70.1 Å². The predicted octanol–water partition coefficient (Wildman–Crippen LogP) is 8.81. The number of ether oxygens (including phenoxy) is 2. The number of nitrogens with zero attached hydrogens (tertiary/aromatic N) is 1. The third kappa shape index (κ3) is 13.3. The molecule has 3 N–H and O–H groups in total. The van der Waals surface area contributed by atoms with Gasteiger partial charge in [0, 0.05) is 11.6 Å². The Hall–Kier alpha value is -3.91. The summed E-state index contributed by atoms with van der Waals surface area (Å²) in [6.45, 7) is 17.1. The molecular weight excluding hydrogens is 770 g/mol. The van der Waals surface area contributed by atoms with Crippen LogP contribution in [0.5, 0.6) is 5.75 Å². The predicted molar refractivity (Wildman–Crippen MR) is 224 cm³/mol. The van der Waals surface area contributed by atoms with Crippen molar-refractivity contribution in [3.05, 3.63) is 88.4 Å². The van der Waals surface area contributed by atoms with Crippen molar-refractivity contribution >= 4 is 47.8 Å². The molecule has 1 atom stereocenters. The molecule has 0 unspecified atom stereocenters. The Balaban J connectivity index is 1.59. The number of nitrogens with one attached hydrogen (secondary N) is 1. The number of primary amides is 1. The van der Waals surface area contributed by atoms with E-state index in [0.29, 0.717) is 18.0 Å². The summed E-state index contributed by atoms with van der Waals surface area (Å²) in [5.41, 5.74) is 7.90. The van der Waals surface area contributed by atoms with Crippen LogP contribution in [0.2, 0.25) is 23.2 Å². The van der Waals surface area contributed by atoms with Crippen molar-refractivity contribution in [3.8, 4) is 16.9 Å². The van der Waals surface area contributed by atoms with Crippen LogP contribution in [-0.2, 0) is 30.4 Å². The topological polar surface area (TPSA) is 154 Å². The van der Waals surface area contributed by atoms with Gasteiger partial charge in [-0.15, -0.1) is 0 Å². The lowest BCUT2D eigenvalue weighted by Gasteiger charge is -2.41. The molecule has 1 saturated carbocycles. The summed E-state index contributed by atoms with van der Waals surface area (Å²) < 4.78 is 45.8. The lowest BCUT2D eigenvalue weighted by molar-refractivity contribution is -0.115. The minimum absolute atomic E-state index is 0.0415. The zero-order chi connectivity index (χ0) is 41.5. The first-order valence-electron chi connectivity index (χ1n) is 19.2. The van der Waals surface area contributed by atoms with Crippen LogP contribution in [0.3, 0.4) is 0 Å². The Morgan fingerprint density at radius 1 is 0.929 bits per heavy atom. The van der Waals surface area contributed by atoms with Crippen LogP contribution in [0.4, 0.5) is 4.79 Å². The number of sulfonamides is 1. The van der Waals surface area contributed by atoms with Crippen molar-refractivity contribution in [1.82, 2.24) is 9.62 Å². The van der Waals surface area contributed by atoms with Crippen molar-refractivity contribution in [2.75, 3.05) is 18.8 Å². The number of carbonyl (C=O) groups excluding carboxylic acids is 3. The molecule has 0 spiro atoms. The molecule has 1 aliphatic carbocycles. The highest BCUT2D eigenvalue weighted by molar-refractivity contribution is 7.90. The second kappa shape index (κ2) is 18.6. The van der Waals surface area contributed by atoms with Gasteiger partial charge in [0.1, 0.15) is 17.1 Å². The van der Waals surface area contributed by atoms with Gasteiger partial charge in [0.15, 0.2) is 8.32 Å². The Bertz CT molecular complexity index is 1950. The quantitative estimate of drug-likeness (QED) is 0.144. The lowest BCUT2D eigenvalue weighted by Crippen LogP contribution is -2.46. The summed E-state index contributed by atoms with van der Waals surface area (Å²) in [5, 5.41) is 0.527. The third-order valence-electron chi connectivity index (χ3n) is 10.1. The fourth-order valence-corrected chi connectivity index (χ4v) is 8.44.